The van der Waals surface area contributed by atoms with Crippen molar-refractivity contribution in [2.75, 3.05) is 6.54 Å². The van der Waals surface area contributed by atoms with Gasteiger partial charge >= 0.3 is 0 Å². The minimum Gasteiger partial charge on any atom is -0.393 e. The SMILES string of the molecule is CCC(NCC1CCCC1O)c1cccc(Cl)c1. The molecule has 0 heterocycles. The summed E-state index contributed by atoms with van der Waals surface area (Å²) >= 11 is 6.03. The molecule has 18 heavy (non-hydrogen) atoms. The second-order valence-corrected chi connectivity index (χ2v) is 5.62. The molecule has 2 N–H and O–H groups in total. The number of hydrogen-bond acceptors (Lipinski definition) is 2. The average molecular weight is 268 g/mol. The molecule has 0 radical (unpaired) electrons. The highest BCUT2D eigenvalue weighted by molar-refractivity contribution is 6.30. The Labute approximate surface area is 114 Å². The summed E-state index contributed by atoms with van der Waals surface area (Å²) in [5.41, 5.74) is 1.23. The van der Waals surface area contributed by atoms with Crippen molar-refractivity contribution in [2.24, 2.45) is 5.92 Å². The van der Waals surface area contributed by atoms with Crippen LogP contribution in [-0.2, 0) is 0 Å². The predicted octanol–water partition coefficient (Wildman–Crippen LogP) is 3.54. The Hall–Kier alpha value is -0.570. The molecule has 0 amide bonds. The third kappa shape index (κ3) is 3.47. The molecule has 1 aromatic rings. The molecule has 3 unspecified atom stereocenters. The van der Waals surface area contributed by atoms with Crippen LogP contribution < -0.4 is 5.32 Å². The summed E-state index contributed by atoms with van der Waals surface area (Å²) < 4.78 is 0. The van der Waals surface area contributed by atoms with Crippen LogP contribution in [0.5, 0.6) is 0 Å². The first kappa shape index (κ1) is 13.9. The molecule has 1 aliphatic rings. The Kier molecular flexibility index (Phi) is 5.04. The first-order chi connectivity index (χ1) is 8.70. The first-order valence-electron chi connectivity index (χ1n) is 6.87. The molecule has 0 aromatic heterocycles. The van der Waals surface area contributed by atoms with Gasteiger partial charge in [-0.3, -0.25) is 0 Å². The van der Waals surface area contributed by atoms with E-state index in [1.165, 1.54) is 5.56 Å². The topological polar surface area (TPSA) is 32.3 Å². The molecule has 2 rings (SSSR count). The molecule has 100 valence electrons. The number of rotatable bonds is 5. The fraction of sp³-hybridized carbons (Fsp3) is 0.600. The molecule has 0 spiro atoms. The van der Waals surface area contributed by atoms with Crippen LogP contribution in [0.4, 0.5) is 0 Å². The third-order valence-electron chi connectivity index (χ3n) is 3.90. The summed E-state index contributed by atoms with van der Waals surface area (Å²) in [6, 6.07) is 8.35. The molecular formula is C15H22ClNO. The lowest BCUT2D eigenvalue weighted by molar-refractivity contribution is 0.129. The lowest BCUT2D eigenvalue weighted by Crippen LogP contribution is -2.30. The van der Waals surface area contributed by atoms with Crippen molar-refractivity contribution in [2.45, 2.75) is 44.8 Å². The summed E-state index contributed by atoms with van der Waals surface area (Å²) in [7, 11) is 0. The van der Waals surface area contributed by atoms with Crippen molar-refractivity contribution in [3.05, 3.63) is 34.9 Å². The van der Waals surface area contributed by atoms with Crippen molar-refractivity contribution in [1.82, 2.24) is 5.32 Å². The number of aliphatic hydroxyl groups excluding tert-OH is 1. The van der Waals surface area contributed by atoms with Crippen LogP contribution >= 0.6 is 11.6 Å². The minimum atomic E-state index is -0.116. The number of nitrogens with one attached hydrogen (secondary N) is 1. The molecule has 1 aliphatic carbocycles. The van der Waals surface area contributed by atoms with Gasteiger partial charge in [0, 0.05) is 17.6 Å². The molecular weight excluding hydrogens is 246 g/mol. The van der Waals surface area contributed by atoms with Crippen LogP contribution in [-0.4, -0.2) is 17.8 Å². The fourth-order valence-electron chi connectivity index (χ4n) is 2.77. The standard InChI is InChI=1S/C15H22ClNO/c1-2-14(11-5-3-7-13(16)9-11)17-10-12-6-4-8-15(12)18/h3,5,7,9,12,14-15,17-18H,2,4,6,8,10H2,1H3. The van der Waals surface area contributed by atoms with Gasteiger partial charge in [0.25, 0.3) is 0 Å². The molecule has 1 fully saturated rings. The van der Waals surface area contributed by atoms with Crippen LogP contribution in [0, 0.1) is 5.92 Å². The van der Waals surface area contributed by atoms with E-state index in [1.54, 1.807) is 0 Å². The highest BCUT2D eigenvalue weighted by Gasteiger charge is 2.25. The largest absolute Gasteiger partial charge is 0.393 e. The minimum absolute atomic E-state index is 0.116. The first-order valence-corrected chi connectivity index (χ1v) is 7.25. The Morgan fingerprint density at radius 2 is 2.28 bits per heavy atom. The van der Waals surface area contributed by atoms with E-state index in [0.29, 0.717) is 12.0 Å². The van der Waals surface area contributed by atoms with Crippen molar-refractivity contribution >= 4 is 11.6 Å². The quantitative estimate of drug-likeness (QED) is 0.855. The van der Waals surface area contributed by atoms with Gasteiger partial charge in [-0.1, -0.05) is 37.1 Å². The lowest BCUT2D eigenvalue weighted by atomic mass is 10.0. The van der Waals surface area contributed by atoms with Crippen molar-refractivity contribution in [3.8, 4) is 0 Å². The van der Waals surface area contributed by atoms with Crippen molar-refractivity contribution < 1.29 is 5.11 Å². The van der Waals surface area contributed by atoms with Gasteiger partial charge in [-0.2, -0.15) is 0 Å². The van der Waals surface area contributed by atoms with E-state index in [4.69, 9.17) is 11.6 Å². The maximum Gasteiger partial charge on any atom is 0.0580 e. The maximum atomic E-state index is 9.83. The van der Waals surface area contributed by atoms with Gasteiger partial charge in [-0.15, -0.1) is 0 Å². The molecule has 0 aliphatic heterocycles. The lowest BCUT2D eigenvalue weighted by Gasteiger charge is -2.22. The van der Waals surface area contributed by atoms with Gasteiger partial charge in [0.1, 0.15) is 0 Å². The highest BCUT2D eigenvalue weighted by Crippen LogP contribution is 2.26. The predicted molar refractivity (Wildman–Crippen MR) is 75.8 cm³/mol. The molecule has 3 heteroatoms. The smallest absolute Gasteiger partial charge is 0.0580 e. The second-order valence-electron chi connectivity index (χ2n) is 5.18. The summed E-state index contributed by atoms with van der Waals surface area (Å²) in [5, 5.41) is 14.2. The molecule has 3 atom stereocenters. The number of halogens is 1. The summed E-state index contributed by atoms with van der Waals surface area (Å²) in [6.45, 7) is 3.07. The Morgan fingerprint density at radius 3 is 2.89 bits per heavy atom. The Balaban J connectivity index is 1.93. The van der Waals surface area contributed by atoms with E-state index in [-0.39, 0.29) is 6.10 Å². The van der Waals surface area contributed by atoms with Crippen LogP contribution in [0.2, 0.25) is 5.02 Å². The maximum absolute atomic E-state index is 9.83. The van der Waals surface area contributed by atoms with Crippen LogP contribution in [0.25, 0.3) is 0 Å². The Morgan fingerprint density at radius 1 is 1.44 bits per heavy atom. The fourth-order valence-corrected chi connectivity index (χ4v) is 2.97. The summed E-state index contributed by atoms with van der Waals surface area (Å²) in [5.74, 6) is 0.415. The van der Waals surface area contributed by atoms with Crippen LogP contribution in [0.3, 0.4) is 0 Å². The average Bonchev–Trinajstić information content (AvgIpc) is 2.76. The van der Waals surface area contributed by atoms with Gasteiger partial charge in [-0.05, 0) is 42.9 Å². The van der Waals surface area contributed by atoms with Gasteiger partial charge < -0.3 is 10.4 Å². The van der Waals surface area contributed by atoms with E-state index in [2.05, 4.69) is 18.3 Å². The zero-order valence-electron chi connectivity index (χ0n) is 10.9. The monoisotopic (exact) mass is 267 g/mol. The van der Waals surface area contributed by atoms with Gasteiger partial charge in [0.05, 0.1) is 6.10 Å². The zero-order chi connectivity index (χ0) is 13.0. The number of aliphatic hydroxyl groups is 1. The zero-order valence-corrected chi connectivity index (χ0v) is 11.7. The van der Waals surface area contributed by atoms with E-state index in [1.807, 2.05) is 18.2 Å². The van der Waals surface area contributed by atoms with E-state index in [9.17, 15) is 5.11 Å². The summed E-state index contributed by atoms with van der Waals surface area (Å²) in [6.07, 6.45) is 4.17. The van der Waals surface area contributed by atoms with Gasteiger partial charge in [0.15, 0.2) is 0 Å². The van der Waals surface area contributed by atoms with E-state index < -0.39 is 0 Å². The normalized spacial score (nSPS) is 25.3. The highest BCUT2D eigenvalue weighted by atomic mass is 35.5. The Bertz CT molecular complexity index is 383. The van der Waals surface area contributed by atoms with Crippen LogP contribution in [0.1, 0.15) is 44.2 Å². The van der Waals surface area contributed by atoms with Gasteiger partial charge in [0.2, 0.25) is 0 Å². The van der Waals surface area contributed by atoms with Gasteiger partial charge in [-0.25, -0.2) is 0 Å². The molecule has 1 saturated carbocycles. The molecule has 0 saturated heterocycles. The number of benzene rings is 1. The second kappa shape index (κ2) is 6.55. The van der Waals surface area contributed by atoms with E-state index in [0.717, 1.165) is 37.3 Å². The molecule has 2 nitrogen and oxygen atoms in total. The van der Waals surface area contributed by atoms with Crippen molar-refractivity contribution in [1.29, 1.82) is 0 Å². The van der Waals surface area contributed by atoms with Crippen molar-refractivity contribution in [3.63, 3.8) is 0 Å². The third-order valence-corrected chi connectivity index (χ3v) is 4.14. The van der Waals surface area contributed by atoms with E-state index >= 15 is 0 Å². The summed E-state index contributed by atoms with van der Waals surface area (Å²) in [4.78, 5) is 0. The van der Waals surface area contributed by atoms with Crippen LogP contribution in [0.15, 0.2) is 24.3 Å². The molecule has 1 aromatic carbocycles. The number of hydrogen-bond donors (Lipinski definition) is 2. The molecule has 0 bridgehead atoms.